The minimum absolute atomic E-state index is 0.0401. The molecule has 80 valence electrons. The summed E-state index contributed by atoms with van der Waals surface area (Å²) in [5.74, 6) is 0.0401. The van der Waals surface area contributed by atoms with Gasteiger partial charge in [-0.1, -0.05) is 29.8 Å². The standard InChI is InChI=1S/C11H13ClN2O/c1-7-11(15)13-6-10(14-7)8-4-2-3-5-9(8)12/h2-5,7,10,14H,6H2,1H3,(H,13,15). The Labute approximate surface area is 93.8 Å². The molecule has 2 N–H and O–H groups in total. The number of halogens is 1. The van der Waals surface area contributed by atoms with E-state index in [1.54, 1.807) is 0 Å². The molecule has 4 heteroatoms. The second-order valence-electron chi connectivity index (χ2n) is 3.71. The van der Waals surface area contributed by atoms with Gasteiger partial charge in [0.2, 0.25) is 5.91 Å². The van der Waals surface area contributed by atoms with E-state index in [0.717, 1.165) is 10.6 Å². The zero-order chi connectivity index (χ0) is 10.8. The molecule has 1 aliphatic heterocycles. The molecule has 0 aliphatic carbocycles. The molecular formula is C11H13ClN2O. The largest absolute Gasteiger partial charge is 0.353 e. The molecule has 2 rings (SSSR count). The maximum Gasteiger partial charge on any atom is 0.236 e. The van der Waals surface area contributed by atoms with Crippen LogP contribution in [0, 0.1) is 0 Å². The lowest BCUT2D eigenvalue weighted by Gasteiger charge is -2.29. The normalized spacial score (nSPS) is 26.1. The van der Waals surface area contributed by atoms with Crippen LogP contribution in [0.1, 0.15) is 18.5 Å². The molecular weight excluding hydrogens is 212 g/mol. The third-order valence-electron chi connectivity index (χ3n) is 2.61. The van der Waals surface area contributed by atoms with Crippen molar-refractivity contribution in [3.63, 3.8) is 0 Å². The molecule has 2 unspecified atom stereocenters. The van der Waals surface area contributed by atoms with Gasteiger partial charge in [0.15, 0.2) is 0 Å². The third kappa shape index (κ3) is 2.13. The first-order chi connectivity index (χ1) is 7.18. The van der Waals surface area contributed by atoms with Gasteiger partial charge in [0.1, 0.15) is 0 Å². The second kappa shape index (κ2) is 4.21. The summed E-state index contributed by atoms with van der Waals surface area (Å²) in [5.41, 5.74) is 1.03. The Kier molecular flexibility index (Phi) is 2.93. The van der Waals surface area contributed by atoms with Crippen molar-refractivity contribution in [2.24, 2.45) is 0 Å². The van der Waals surface area contributed by atoms with E-state index in [2.05, 4.69) is 10.6 Å². The van der Waals surface area contributed by atoms with E-state index < -0.39 is 0 Å². The number of carbonyl (C=O) groups is 1. The molecule has 2 atom stereocenters. The Balaban J connectivity index is 2.19. The molecule has 0 spiro atoms. The van der Waals surface area contributed by atoms with Crippen LogP contribution in [0.25, 0.3) is 0 Å². The Morgan fingerprint density at radius 3 is 2.80 bits per heavy atom. The van der Waals surface area contributed by atoms with Crippen LogP contribution in [0.5, 0.6) is 0 Å². The highest BCUT2D eigenvalue weighted by Crippen LogP contribution is 2.23. The highest BCUT2D eigenvalue weighted by Gasteiger charge is 2.25. The number of carbonyl (C=O) groups excluding carboxylic acids is 1. The van der Waals surface area contributed by atoms with E-state index in [4.69, 9.17) is 11.6 Å². The Morgan fingerprint density at radius 1 is 1.40 bits per heavy atom. The maximum absolute atomic E-state index is 11.2. The van der Waals surface area contributed by atoms with Crippen LogP contribution in [0.15, 0.2) is 24.3 Å². The fourth-order valence-electron chi connectivity index (χ4n) is 1.75. The minimum Gasteiger partial charge on any atom is -0.353 e. The second-order valence-corrected chi connectivity index (χ2v) is 4.11. The van der Waals surface area contributed by atoms with Gasteiger partial charge in [0.25, 0.3) is 0 Å². The summed E-state index contributed by atoms with van der Waals surface area (Å²) in [4.78, 5) is 11.2. The lowest BCUT2D eigenvalue weighted by atomic mass is 10.0. The van der Waals surface area contributed by atoms with E-state index in [9.17, 15) is 4.79 Å². The van der Waals surface area contributed by atoms with Crippen molar-refractivity contribution in [1.82, 2.24) is 10.6 Å². The summed E-state index contributed by atoms with van der Waals surface area (Å²) in [6, 6.07) is 7.62. The number of hydrogen-bond acceptors (Lipinski definition) is 2. The molecule has 1 aromatic carbocycles. The topological polar surface area (TPSA) is 41.1 Å². The van der Waals surface area contributed by atoms with Crippen LogP contribution in [0.2, 0.25) is 5.02 Å². The zero-order valence-electron chi connectivity index (χ0n) is 8.46. The zero-order valence-corrected chi connectivity index (χ0v) is 9.21. The van der Waals surface area contributed by atoms with Crippen molar-refractivity contribution in [2.75, 3.05) is 6.54 Å². The number of piperazine rings is 1. The first-order valence-corrected chi connectivity index (χ1v) is 5.34. The van der Waals surface area contributed by atoms with Crippen molar-refractivity contribution in [1.29, 1.82) is 0 Å². The van der Waals surface area contributed by atoms with Crippen LogP contribution < -0.4 is 10.6 Å². The van der Waals surface area contributed by atoms with Gasteiger partial charge < -0.3 is 5.32 Å². The van der Waals surface area contributed by atoms with Crippen LogP contribution in [-0.2, 0) is 4.79 Å². The average Bonchev–Trinajstić information content (AvgIpc) is 2.23. The monoisotopic (exact) mass is 224 g/mol. The molecule has 0 aromatic heterocycles. The number of rotatable bonds is 1. The molecule has 1 fully saturated rings. The Morgan fingerprint density at radius 2 is 2.13 bits per heavy atom. The van der Waals surface area contributed by atoms with Gasteiger partial charge in [0, 0.05) is 11.6 Å². The van der Waals surface area contributed by atoms with Gasteiger partial charge in [-0.25, -0.2) is 0 Å². The molecule has 0 radical (unpaired) electrons. The van der Waals surface area contributed by atoms with E-state index in [1.165, 1.54) is 0 Å². The van der Waals surface area contributed by atoms with Crippen LogP contribution in [-0.4, -0.2) is 18.5 Å². The summed E-state index contributed by atoms with van der Waals surface area (Å²) in [6.45, 7) is 2.44. The lowest BCUT2D eigenvalue weighted by molar-refractivity contribution is -0.124. The van der Waals surface area contributed by atoms with Crippen molar-refractivity contribution in [3.05, 3.63) is 34.9 Å². The highest BCUT2D eigenvalue weighted by molar-refractivity contribution is 6.31. The molecule has 1 aromatic rings. The molecule has 1 heterocycles. The van der Waals surface area contributed by atoms with Gasteiger partial charge >= 0.3 is 0 Å². The molecule has 0 saturated carbocycles. The van der Waals surface area contributed by atoms with Crippen LogP contribution >= 0.6 is 11.6 Å². The fraction of sp³-hybridized carbons (Fsp3) is 0.364. The summed E-state index contributed by atoms with van der Waals surface area (Å²) < 4.78 is 0. The molecule has 3 nitrogen and oxygen atoms in total. The first kappa shape index (κ1) is 10.5. The van der Waals surface area contributed by atoms with Gasteiger partial charge in [-0.05, 0) is 18.6 Å². The van der Waals surface area contributed by atoms with Gasteiger partial charge in [-0.2, -0.15) is 0 Å². The van der Waals surface area contributed by atoms with E-state index in [0.29, 0.717) is 6.54 Å². The van der Waals surface area contributed by atoms with Crippen LogP contribution in [0.4, 0.5) is 0 Å². The first-order valence-electron chi connectivity index (χ1n) is 4.96. The number of amides is 1. The highest BCUT2D eigenvalue weighted by atomic mass is 35.5. The molecule has 0 bridgehead atoms. The molecule has 15 heavy (non-hydrogen) atoms. The van der Waals surface area contributed by atoms with Gasteiger partial charge in [0.05, 0.1) is 12.1 Å². The molecule has 1 aliphatic rings. The summed E-state index contributed by atoms with van der Waals surface area (Å²) in [5, 5.41) is 6.81. The lowest BCUT2D eigenvalue weighted by Crippen LogP contribution is -2.52. The van der Waals surface area contributed by atoms with Crippen LogP contribution in [0.3, 0.4) is 0 Å². The predicted octanol–water partition coefficient (Wildman–Crippen LogP) is 1.49. The maximum atomic E-state index is 11.2. The SMILES string of the molecule is CC1NC(c2ccccc2Cl)CNC1=O. The Hall–Kier alpha value is -1.06. The molecule has 1 amide bonds. The fourth-order valence-corrected chi connectivity index (χ4v) is 2.02. The van der Waals surface area contributed by atoms with Crippen molar-refractivity contribution < 1.29 is 4.79 Å². The van der Waals surface area contributed by atoms with Gasteiger partial charge in [-0.15, -0.1) is 0 Å². The summed E-state index contributed by atoms with van der Waals surface area (Å²) in [7, 11) is 0. The molecule has 1 saturated heterocycles. The quantitative estimate of drug-likeness (QED) is 0.759. The van der Waals surface area contributed by atoms with E-state index >= 15 is 0 Å². The van der Waals surface area contributed by atoms with E-state index in [1.807, 2.05) is 31.2 Å². The number of benzene rings is 1. The van der Waals surface area contributed by atoms with Crippen molar-refractivity contribution >= 4 is 17.5 Å². The number of hydrogen-bond donors (Lipinski definition) is 2. The third-order valence-corrected chi connectivity index (χ3v) is 2.95. The summed E-state index contributed by atoms with van der Waals surface area (Å²) >= 11 is 6.09. The number of nitrogens with one attached hydrogen (secondary N) is 2. The minimum atomic E-state index is -0.167. The summed E-state index contributed by atoms with van der Waals surface area (Å²) in [6.07, 6.45) is 0. The van der Waals surface area contributed by atoms with Gasteiger partial charge in [-0.3, -0.25) is 10.1 Å². The average molecular weight is 225 g/mol. The van der Waals surface area contributed by atoms with E-state index in [-0.39, 0.29) is 18.0 Å². The smallest absolute Gasteiger partial charge is 0.236 e. The van der Waals surface area contributed by atoms with Crippen molar-refractivity contribution in [3.8, 4) is 0 Å². The van der Waals surface area contributed by atoms with Crippen molar-refractivity contribution in [2.45, 2.75) is 19.0 Å². The predicted molar refractivity (Wildman–Crippen MR) is 59.8 cm³/mol. The Bertz CT molecular complexity index is 381.